The van der Waals surface area contributed by atoms with Gasteiger partial charge in [0, 0.05) is 18.7 Å². The molecule has 0 bridgehead atoms. The number of amides is 2. The molecule has 1 unspecified atom stereocenters. The maximum Gasteiger partial charge on any atom is 0.254 e. The highest BCUT2D eigenvalue weighted by Crippen LogP contribution is 2.35. The second-order valence-corrected chi connectivity index (χ2v) is 9.01. The predicted molar refractivity (Wildman–Crippen MR) is 92.8 cm³/mol. The van der Waals surface area contributed by atoms with Crippen molar-refractivity contribution in [2.75, 3.05) is 29.8 Å². The summed E-state index contributed by atoms with van der Waals surface area (Å²) in [5.41, 5.74) is -0.222. The molecule has 2 aliphatic rings. The molecule has 0 N–H and O–H groups in total. The first kappa shape index (κ1) is 17.9. The van der Waals surface area contributed by atoms with Gasteiger partial charge in [-0.05, 0) is 45.0 Å². The fraction of sp³-hybridized carbons (Fsp3) is 0.529. The van der Waals surface area contributed by atoms with E-state index in [1.54, 1.807) is 30.9 Å². The molecule has 0 radical (unpaired) electrons. The van der Waals surface area contributed by atoms with Gasteiger partial charge in [0.15, 0.2) is 0 Å². The van der Waals surface area contributed by atoms with Gasteiger partial charge >= 0.3 is 0 Å². The van der Waals surface area contributed by atoms with Crippen molar-refractivity contribution < 1.29 is 22.7 Å². The number of anilines is 1. The second kappa shape index (κ2) is 6.10. The molecule has 2 heterocycles. The van der Waals surface area contributed by atoms with Crippen LogP contribution in [0.15, 0.2) is 24.3 Å². The Labute approximate surface area is 147 Å². The number of sulfonamides is 1. The van der Waals surface area contributed by atoms with Crippen molar-refractivity contribution in [2.45, 2.75) is 26.9 Å². The van der Waals surface area contributed by atoms with E-state index in [-0.39, 0.29) is 23.5 Å². The average Bonchev–Trinajstić information content (AvgIpc) is 2.70. The van der Waals surface area contributed by atoms with Crippen molar-refractivity contribution in [3.8, 4) is 0 Å². The molecule has 3 rings (SSSR count). The zero-order chi connectivity index (χ0) is 18.4. The van der Waals surface area contributed by atoms with E-state index >= 15 is 0 Å². The highest BCUT2D eigenvalue weighted by atomic mass is 32.2. The van der Waals surface area contributed by atoms with Crippen molar-refractivity contribution in [1.29, 1.82) is 0 Å². The molecular weight excluding hydrogens is 344 g/mol. The van der Waals surface area contributed by atoms with E-state index < -0.39 is 21.3 Å². The number of ether oxygens (including phenoxy) is 1. The summed E-state index contributed by atoms with van der Waals surface area (Å²) >= 11 is 0. The minimum absolute atomic E-state index is 0.00781. The van der Waals surface area contributed by atoms with Gasteiger partial charge in [0.2, 0.25) is 15.9 Å². The summed E-state index contributed by atoms with van der Waals surface area (Å²) in [6, 6.07) is 6.14. The first-order chi connectivity index (χ1) is 11.6. The van der Waals surface area contributed by atoms with Crippen molar-refractivity contribution in [1.82, 2.24) is 4.90 Å². The van der Waals surface area contributed by atoms with Crippen molar-refractivity contribution >= 4 is 27.5 Å². The highest BCUT2D eigenvalue weighted by Gasteiger charge is 2.49. The number of carbonyl (C=O) groups excluding carboxylic acids is 2. The average molecular weight is 366 g/mol. The minimum atomic E-state index is -3.69. The molecule has 2 saturated heterocycles. The van der Waals surface area contributed by atoms with Crippen molar-refractivity contribution in [2.24, 2.45) is 5.41 Å². The Morgan fingerprint density at radius 3 is 2.40 bits per heavy atom. The topological polar surface area (TPSA) is 84.0 Å². The molecule has 0 saturated carbocycles. The second-order valence-electron chi connectivity index (χ2n) is 7.19. The highest BCUT2D eigenvalue weighted by molar-refractivity contribution is 7.94. The third-order valence-corrected chi connectivity index (χ3v) is 6.48. The summed E-state index contributed by atoms with van der Waals surface area (Å²) in [5.74, 6) is -0.795. The van der Waals surface area contributed by atoms with Crippen LogP contribution < -0.4 is 4.31 Å². The zero-order valence-electron chi connectivity index (χ0n) is 14.6. The van der Waals surface area contributed by atoms with Crippen LogP contribution in [0.25, 0.3) is 0 Å². The lowest BCUT2D eigenvalue weighted by Crippen LogP contribution is -2.44. The maximum absolute atomic E-state index is 12.5. The lowest BCUT2D eigenvalue weighted by Gasteiger charge is -2.31. The molecule has 136 valence electrons. The van der Waals surface area contributed by atoms with E-state index in [4.69, 9.17) is 4.74 Å². The van der Waals surface area contributed by atoms with Gasteiger partial charge in [-0.25, -0.2) is 12.7 Å². The Morgan fingerprint density at radius 2 is 1.88 bits per heavy atom. The first-order valence-electron chi connectivity index (χ1n) is 8.20. The summed E-state index contributed by atoms with van der Waals surface area (Å²) in [6.07, 6.45) is -0.00781. The lowest BCUT2D eigenvalue weighted by molar-refractivity contribution is -0.123. The molecule has 0 aromatic heterocycles. The summed E-state index contributed by atoms with van der Waals surface area (Å²) in [7, 11) is -3.69. The van der Waals surface area contributed by atoms with Gasteiger partial charge in [0.1, 0.15) is 0 Å². The van der Waals surface area contributed by atoms with E-state index in [1.807, 2.05) is 6.92 Å². The van der Waals surface area contributed by atoms with Gasteiger partial charge in [-0.1, -0.05) is 0 Å². The van der Waals surface area contributed by atoms with Crippen LogP contribution in [0, 0.1) is 5.41 Å². The molecular formula is C17H22N2O5S. The summed E-state index contributed by atoms with van der Waals surface area (Å²) in [6.45, 7) is 6.69. The van der Waals surface area contributed by atoms with Crippen LogP contribution in [0.4, 0.5) is 5.69 Å². The number of benzene rings is 1. The summed E-state index contributed by atoms with van der Waals surface area (Å²) in [4.78, 5) is 26.7. The molecule has 7 nitrogen and oxygen atoms in total. The van der Waals surface area contributed by atoms with E-state index in [9.17, 15) is 18.0 Å². The van der Waals surface area contributed by atoms with Gasteiger partial charge in [0.05, 0.1) is 29.6 Å². The van der Waals surface area contributed by atoms with Gasteiger partial charge in [-0.15, -0.1) is 0 Å². The predicted octanol–water partition coefficient (Wildman–Crippen LogP) is 1.25. The number of hydrogen-bond donors (Lipinski definition) is 0. The Morgan fingerprint density at radius 1 is 1.24 bits per heavy atom. The largest absolute Gasteiger partial charge is 0.375 e. The maximum atomic E-state index is 12.5. The van der Waals surface area contributed by atoms with Gasteiger partial charge in [0.25, 0.3) is 5.91 Å². The fourth-order valence-electron chi connectivity index (χ4n) is 3.19. The number of nitrogens with zero attached hydrogens (tertiary/aromatic N) is 2. The standard InChI is InChI=1S/C17H22N2O5S/c1-12-10-18(8-9-24-12)15(20)13-4-6-14(7-5-13)19-16(21)17(2,3)11-25(19,22)23/h4-7,12H,8-11H2,1-3H3. The van der Waals surface area contributed by atoms with Gasteiger partial charge < -0.3 is 9.64 Å². The number of hydrogen-bond acceptors (Lipinski definition) is 5. The number of morpholine rings is 1. The lowest BCUT2D eigenvalue weighted by atomic mass is 9.95. The van der Waals surface area contributed by atoms with Crippen molar-refractivity contribution in [3.05, 3.63) is 29.8 Å². The van der Waals surface area contributed by atoms with Crippen LogP contribution in [0.1, 0.15) is 31.1 Å². The molecule has 1 aromatic rings. The minimum Gasteiger partial charge on any atom is -0.375 e. The molecule has 1 aromatic carbocycles. The molecule has 2 fully saturated rings. The summed E-state index contributed by atoms with van der Waals surface area (Å²) in [5, 5.41) is 0. The molecule has 25 heavy (non-hydrogen) atoms. The van der Waals surface area contributed by atoms with E-state index in [0.29, 0.717) is 25.3 Å². The number of rotatable bonds is 2. The Hall–Kier alpha value is -1.93. The smallest absolute Gasteiger partial charge is 0.254 e. The third kappa shape index (κ3) is 3.28. The third-order valence-electron chi connectivity index (χ3n) is 4.46. The summed E-state index contributed by atoms with van der Waals surface area (Å²) < 4.78 is 30.9. The molecule has 8 heteroatoms. The molecule has 2 aliphatic heterocycles. The Kier molecular flexibility index (Phi) is 4.36. The molecule has 1 atom stereocenters. The van der Waals surface area contributed by atoms with Crippen LogP contribution in [0.2, 0.25) is 0 Å². The van der Waals surface area contributed by atoms with E-state index in [0.717, 1.165) is 4.31 Å². The van der Waals surface area contributed by atoms with Crippen LogP contribution in [0.3, 0.4) is 0 Å². The zero-order valence-corrected chi connectivity index (χ0v) is 15.4. The normalized spacial score (nSPS) is 25.2. The molecule has 0 aliphatic carbocycles. The van der Waals surface area contributed by atoms with Gasteiger partial charge in [-0.2, -0.15) is 0 Å². The van der Waals surface area contributed by atoms with Gasteiger partial charge in [-0.3, -0.25) is 9.59 Å². The molecule has 0 spiro atoms. The van der Waals surface area contributed by atoms with Crippen LogP contribution in [-0.2, 0) is 19.6 Å². The first-order valence-corrected chi connectivity index (χ1v) is 9.81. The quantitative estimate of drug-likeness (QED) is 0.787. The number of carbonyl (C=O) groups is 2. The van der Waals surface area contributed by atoms with E-state index in [2.05, 4.69) is 0 Å². The Balaban J connectivity index is 1.83. The van der Waals surface area contributed by atoms with Crippen LogP contribution >= 0.6 is 0 Å². The van der Waals surface area contributed by atoms with Crippen LogP contribution in [0.5, 0.6) is 0 Å². The fourth-order valence-corrected chi connectivity index (χ4v) is 5.29. The SMILES string of the molecule is CC1CN(C(=O)c2ccc(N3C(=O)C(C)(C)CS3(=O)=O)cc2)CCO1. The molecule has 2 amide bonds. The van der Waals surface area contributed by atoms with Crippen molar-refractivity contribution in [3.63, 3.8) is 0 Å². The monoisotopic (exact) mass is 366 g/mol. The Bertz CT molecular complexity index is 801. The van der Waals surface area contributed by atoms with Crippen LogP contribution in [-0.4, -0.2) is 56.7 Å². The van der Waals surface area contributed by atoms with E-state index in [1.165, 1.54) is 12.1 Å².